The van der Waals surface area contributed by atoms with Crippen molar-refractivity contribution in [2.75, 3.05) is 20.6 Å². The SMILES string of the molecule is CN(C)C(=O)Cn1nc2n(c1=O)CCN(C(=O)c1cnn(C)c1Cl)C2. The van der Waals surface area contributed by atoms with Crippen molar-refractivity contribution in [3.63, 3.8) is 0 Å². The van der Waals surface area contributed by atoms with Gasteiger partial charge in [-0.2, -0.15) is 10.2 Å². The fourth-order valence-electron chi connectivity index (χ4n) is 2.58. The second-order valence-electron chi connectivity index (χ2n) is 6.00. The average Bonchev–Trinajstić information content (AvgIpc) is 3.07. The fraction of sp³-hybridized carbons (Fsp3) is 0.500. The van der Waals surface area contributed by atoms with Gasteiger partial charge < -0.3 is 9.80 Å². The van der Waals surface area contributed by atoms with Crippen LogP contribution >= 0.6 is 11.6 Å². The molecule has 0 N–H and O–H groups in total. The maximum Gasteiger partial charge on any atom is 0.346 e. The summed E-state index contributed by atoms with van der Waals surface area (Å²) in [6.45, 7) is 0.703. The monoisotopic (exact) mass is 367 g/mol. The van der Waals surface area contributed by atoms with Crippen LogP contribution in [0.2, 0.25) is 5.15 Å². The molecule has 1 aliphatic heterocycles. The van der Waals surface area contributed by atoms with Gasteiger partial charge in [0.15, 0.2) is 5.82 Å². The molecular weight excluding hydrogens is 350 g/mol. The summed E-state index contributed by atoms with van der Waals surface area (Å²) in [5, 5.41) is 8.42. The minimum absolute atomic E-state index is 0.131. The largest absolute Gasteiger partial charge is 0.347 e. The number of nitrogens with zero attached hydrogens (tertiary/aromatic N) is 7. The van der Waals surface area contributed by atoms with Crippen molar-refractivity contribution >= 4 is 23.4 Å². The molecule has 0 spiro atoms. The van der Waals surface area contributed by atoms with Crippen molar-refractivity contribution in [3.8, 4) is 0 Å². The predicted octanol–water partition coefficient (Wildman–Crippen LogP) is -0.824. The van der Waals surface area contributed by atoms with Crippen LogP contribution in [0.4, 0.5) is 0 Å². The van der Waals surface area contributed by atoms with E-state index in [4.69, 9.17) is 11.6 Å². The summed E-state index contributed by atoms with van der Waals surface area (Å²) in [5.74, 6) is -0.0560. The summed E-state index contributed by atoms with van der Waals surface area (Å²) < 4.78 is 4.02. The lowest BCUT2D eigenvalue weighted by Gasteiger charge is -2.26. The van der Waals surface area contributed by atoms with Crippen LogP contribution in [-0.4, -0.2) is 66.4 Å². The lowest BCUT2D eigenvalue weighted by molar-refractivity contribution is -0.129. The lowest BCUT2D eigenvalue weighted by atomic mass is 10.2. The number of hydrogen-bond acceptors (Lipinski definition) is 5. The number of rotatable bonds is 3. The summed E-state index contributed by atoms with van der Waals surface area (Å²) in [5.41, 5.74) is -0.0427. The maximum absolute atomic E-state index is 12.6. The molecule has 0 bridgehead atoms. The van der Waals surface area contributed by atoms with E-state index in [-0.39, 0.29) is 35.7 Å². The van der Waals surface area contributed by atoms with Gasteiger partial charge in [0.05, 0.1) is 18.3 Å². The number of aryl methyl sites for hydroxylation is 1. The Morgan fingerprint density at radius 3 is 2.64 bits per heavy atom. The Labute approximate surface area is 148 Å². The molecule has 0 aromatic carbocycles. The van der Waals surface area contributed by atoms with E-state index in [1.54, 1.807) is 26.0 Å². The molecule has 25 heavy (non-hydrogen) atoms. The summed E-state index contributed by atoms with van der Waals surface area (Å²) in [6.07, 6.45) is 1.42. The van der Waals surface area contributed by atoms with Crippen molar-refractivity contribution in [2.24, 2.45) is 7.05 Å². The van der Waals surface area contributed by atoms with Crippen LogP contribution in [0, 0.1) is 0 Å². The van der Waals surface area contributed by atoms with Crippen molar-refractivity contribution in [3.05, 3.63) is 33.2 Å². The Morgan fingerprint density at radius 1 is 1.32 bits per heavy atom. The Balaban J connectivity index is 1.82. The molecule has 11 heteroatoms. The summed E-state index contributed by atoms with van der Waals surface area (Å²) in [4.78, 5) is 39.7. The first kappa shape index (κ1) is 17.2. The van der Waals surface area contributed by atoms with Gasteiger partial charge in [-0.25, -0.2) is 9.48 Å². The molecule has 10 nitrogen and oxygen atoms in total. The highest BCUT2D eigenvalue weighted by molar-refractivity contribution is 6.32. The number of aromatic nitrogens is 5. The molecule has 0 unspecified atom stereocenters. The van der Waals surface area contributed by atoms with Gasteiger partial charge in [0.1, 0.15) is 11.7 Å². The molecule has 134 valence electrons. The number of likely N-dealkylation sites (N-methyl/N-ethyl adjacent to an activating group) is 1. The third kappa shape index (κ3) is 3.04. The van der Waals surface area contributed by atoms with Crippen LogP contribution in [0.1, 0.15) is 16.2 Å². The standard InChI is InChI=1S/C14H18ClN7O3/c1-18(2)11(23)8-22-14(25)21-5-4-20(7-10(21)17-22)13(24)9-6-16-19(3)12(9)15/h6H,4-5,7-8H2,1-3H3. The van der Waals surface area contributed by atoms with E-state index in [1.807, 2.05) is 0 Å². The molecule has 0 fully saturated rings. The highest BCUT2D eigenvalue weighted by Gasteiger charge is 2.28. The predicted molar refractivity (Wildman–Crippen MR) is 88.1 cm³/mol. The van der Waals surface area contributed by atoms with E-state index < -0.39 is 0 Å². The van der Waals surface area contributed by atoms with E-state index >= 15 is 0 Å². The van der Waals surface area contributed by atoms with E-state index in [0.29, 0.717) is 24.5 Å². The molecular formula is C14H18ClN7O3. The quantitative estimate of drug-likeness (QED) is 0.705. The fourth-order valence-corrected chi connectivity index (χ4v) is 2.75. The van der Waals surface area contributed by atoms with Crippen LogP contribution in [0.25, 0.3) is 0 Å². The molecule has 3 rings (SSSR count). The number of carbonyl (C=O) groups excluding carboxylic acids is 2. The van der Waals surface area contributed by atoms with Crippen LogP contribution < -0.4 is 5.69 Å². The minimum atomic E-state index is -0.350. The van der Waals surface area contributed by atoms with E-state index in [2.05, 4.69) is 10.2 Å². The summed E-state index contributed by atoms with van der Waals surface area (Å²) >= 11 is 6.08. The van der Waals surface area contributed by atoms with Gasteiger partial charge in [0, 0.05) is 34.2 Å². The van der Waals surface area contributed by atoms with Gasteiger partial charge in [-0.3, -0.25) is 18.8 Å². The molecule has 2 aromatic heterocycles. The number of carbonyl (C=O) groups is 2. The molecule has 0 radical (unpaired) electrons. The first-order valence-corrected chi connectivity index (χ1v) is 8.01. The number of hydrogen-bond donors (Lipinski definition) is 0. The Morgan fingerprint density at radius 2 is 2.04 bits per heavy atom. The number of fused-ring (bicyclic) bond motifs is 1. The van der Waals surface area contributed by atoms with Gasteiger partial charge in [0.2, 0.25) is 5.91 Å². The van der Waals surface area contributed by atoms with Crippen LogP contribution in [0.5, 0.6) is 0 Å². The Bertz CT molecular complexity index is 895. The molecule has 0 atom stereocenters. The van der Waals surface area contributed by atoms with Crippen LogP contribution in [-0.2, 0) is 31.5 Å². The molecule has 0 saturated heterocycles. The van der Waals surface area contributed by atoms with Gasteiger partial charge >= 0.3 is 5.69 Å². The maximum atomic E-state index is 12.6. The van der Waals surface area contributed by atoms with Gasteiger partial charge in [-0.15, -0.1) is 0 Å². The molecule has 1 aliphatic rings. The Kier molecular flexibility index (Phi) is 4.38. The molecule has 0 saturated carbocycles. The third-order valence-electron chi connectivity index (χ3n) is 4.09. The van der Waals surface area contributed by atoms with Crippen molar-refractivity contribution in [1.82, 2.24) is 33.9 Å². The second-order valence-corrected chi connectivity index (χ2v) is 6.35. The first-order chi connectivity index (χ1) is 11.8. The number of amides is 2. The van der Waals surface area contributed by atoms with Crippen molar-refractivity contribution < 1.29 is 9.59 Å². The molecule has 3 heterocycles. The van der Waals surface area contributed by atoms with E-state index in [9.17, 15) is 14.4 Å². The van der Waals surface area contributed by atoms with Crippen molar-refractivity contribution in [2.45, 2.75) is 19.6 Å². The Hall–Kier alpha value is -2.62. The smallest absolute Gasteiger partial charge is 0.346 e. The third-order valence-corrected chi connectivity index (χ3v) is 4.54. The molecule has 0 aliphatic carbocycles. The van der Waals surface area contributed by atoms with Gasteiger partial charge in [-0.05, 0) is 0 Å². The summed E-state index contributed by atoms with van der Waals surface area (Å²) in [7, 11) is 4.87. The summed E-state index contributed by atoms with van der Waals surface area (Å²) in [6, 6.07) is 0. The first-order valence-electron chi connectivity index (χ1n) is 7.63. The van der Waals surface area contributed by atoms with Crippen LogP contribution in [0.15, 0.2) is 11.0 Å². The van der Waals surface area contributed by atoms with Crippen molar-refractivity contribution in [1.29, 1.82) is 0 Å². The molecule has 2 amide bonds. The lowest BCUT2D eigenvalue weighted by Crippen LogP contribution is -2.41. The second kappa shape index (κ2) is 6.36. The minimum Gasteiger partial charge on any atom is -0.347 e. The van der Waals surface area contributed by atoms with E-state index in [1.165, 1.54) is 20.3 Å². The van der Waals surface area contributed by atoms with Crippen LogP contribution in [0.3, 0.4) is 0 Å². The zero-order chi connectivity index (χ0) is 18.3. The number of halogens is 1. The van der Waals surface area contributed by atoms with E-state index in [0.717, 1.165) is 4.68 Å². The zero-order valence-electron chi connectivity index (χ0n) is 14.1. The zero-order valence-corrected chi connectivity index (χ0v) is 14.9. The normalized spacial score (nSPS) is 13.7. The van der Waals surface area contributed by atoms with Gasteiger partial charge in [0.25, 0.3) is 5.91 Å². The highest BCUT2D eigenvalue weighted by Crippen LogP contribution is 2.19. The topological polar surface area (TPSA) is 98.3 Å². The average molecular weight is 368 g/mol. The highest BCUT2D eigenvalue weighted by atomic mass is 35.5. The van der Waals surface area contributed by atoms with Gasteiger partial charge in [-0.1, -0.05) is 11.6 Å². The molecule has 2 aromatic rings.